The van der Waals surface area contributed by atoms with Gasteiger partial charge in [-0.2, -0.15) is 0 Å². The molecule has 1 fully saturated rings. The minimum atomic E-state index is -0.222. The van der Waals surface area contributed by atoms with E-state index in [0.29, 0.717) is 12.6 Å². The van der Waals surface area contributed by atoms with Crippen molar-refractivity contribution in [3.8, 4) is 0 Å². The van der Waals surface area contributed by atoms with Crippen LogP contribution in [-0.2, 0) is 16.0 Å². The Kier molecular flexibility index (Phi) is 6.26. The number of halogens is 1. The number of rotatable bonds is 8. The van der Waals surface area contributed by atoms with Crippen molar-refractivity contribution in [1.82, 2.24) is 10.6 Å². The van der Waals surface area contributed by atoms with Gasteiger partial charge in [0.2, 0.25) is 11.8 Å². The van der Waals surface area contributed by atoms with Crippen LogP contribution in [0.4, 0.5) is 0 Å². The molecule has 114 valence electrons. The molecule has 1 aromatic rings. The molecular weight excluding hydrogens is 308 g/mol. The Bertz CT molecular complexity index is 523. The van der Waals surface area contributed by atoms with Gasteiger partial charge in [-0.05, 0) is 44.2 Å². The fraction of sp³-hybridized carbons (Fsp3) is 0.467. The first-order chi connectivity index (χ1) is 10.1. The molecule has 1 aliphatic carbocycles. The summed E-state index contributed by atoms with van der Waals surface area (Å²) in [7, 11) is 0. The molecule has 1 heterocycles. The zero-order valence-corrected chi connectivity index (χ0v) is 13.3. The minimum absolute atomic E-state index is 0.192. The van der Waals surface area contributed by atoms with E-state index in [9.17, 15) is 9.59 Å². The molecule has 0 spiro atoms. The third kappa shape index (κ3) is 6.78. The zero-order valence-electron chi connectivity index (χ0n) is 11.7. The summed E-state index contributed by atoms with van der Waals surface area (Å²) in [6.45, 7) is 0.618. The predicted octanol–water partition coefficient (Wildman–Crippen LogP) is 2.68. The molecule has 1 saturated carbocycles. The lowest BCUT2D eigenvalue weighted by atomic mass is 10.2. The molecule has 21 heavy (non-hydrogen) atoms. The molecule has 0 bridgehead atoms. The van der Waals surface area contributed by atoms with Crippen molar-refractivity contribution >= 4 is 34.8 Å². The van der Waals surface area contributed by atoms with Gasteiger partial charge in [0, 0.05) is 29.6 Å². The Morgan fingerprint density at radius 2 is 2.00 bits per heavy atom. The van der Waals surface area contributed by atoms with E-state index in [2.05, 4.69) is 10.6 Å². The average molecular weight is 327 g/mol. The lowest BCUT2D eigenvalue weighted by Gasteiger charge is -2.02. The normalized spacial score (nSPS) is 14.3. The van der Waals surface area contributed by atoms with Gasteiger partial charge < -0.3 is 10.6 Å². The minimum Gasteiger partial charge on any atom is -0.353 e. The molecule has 6 heteroatoms. The van der Waals surface area contributed by atoms with Crippen LogP contribution in [0.2, 0.25) is 4.34 Å². The third-order valence-electron chi connectivity index (χ3n) is 3.09. The highest BCUT2D eigenvalue weighted by atomic mass is 35.5. The van der Waals surface area contributed by atoms with Gasteiger partial charge in [0.1, 0.15) is 0 Å². The molecule has 1 aliphatic rings. The Hall–Kier alpha value is -1.33. The first kappa shape index (κ1) is 16.0. The molecule has 0 atom stereocenters. The van der Waals surface area contributed by atoms with Crippen LogP contribution in [0.15, 0.2) is 24.3 Å². The molecule has 0 aromatic carbocycles. The van der Waals surface area contributed by atoms with Crippen LogP contribution in [0.25, 0.3) is 0 Å². The van der Waals surface area contributed by atoms with Crippen LogP contribution in [0.3, 0.4) is 0 Å². The molecule has 2 N–H and O–H groups in total. The summed E-state index contributed by atoms with van der Waals surface area (Å²) in [5.41, 5.74) is 0. The van der Waals surface area contributed by atoms with Crippen molar-refractivity contribution in [2.45, 2.75) is 38.1 Å². The number of carbonyl (C=O) groups is 2. The topological polar surface area (TPSA) is 58.2 Å². The first-order valence-corrected chi connectivity index (χ1v) is 8.33. The van der Waals surface area contributed by atoms with E-state index in [-0.39, 0.29) is 11.8 Å². The molecular formula is C15H19ClN2O2S. The van der Waals surface area contributed by atoms with E-state index in [0.717, 1.165) is 36.4 Å². The highest BCUT2D eigenvalue weighted by molar-refractivity contribution is 7.16. The third-order valence-corrected chi connectivity index (χ3v) is 4.38. The molecule has 0 unspecified atom stereocenters. The molecule has 1 aromatic heterocycles. The maximum Gasteiger partial charge on any atom is 0.244 e. The largest absolute Gasteiger partial charge is 0.353 e. The van der Waals surface area contributed by atoms with Crippen LogP contribution >= 0.6 is 22.9 Å². The van der Waals surface area contributed by atoms with Gasteiger partial charge in [-0.15, -0.1) is 11.3 Å². The van der Waals surface area contributed by atoms with Crippen molar-refractivity contribution in [3.63, 3.8) is 0 Å². The van der Waals surface area contributed by atoms with Crippen LogP contribution in [0, 0.1) is 0 Å². The Morgan fingerprint density at radius 3 is 2.67 bits per heavy atom. The average Bonchev–Trinajstić information content (AvgIpc) is 3.16. The number of aryl methyl sites for hydroxylation is 1. The van der Waals surface area contributed by atoms with Crippen LogP contribution in [0.5, 0.6) is 0 Å². The van der Waals surface area contributed by atoms with Crippen LogP contribution in [-0.4, -0.2) is 24.4 Å². The van der Waals surface area contributed by atoms with Gasteiger partial charge >= 0.3 is 0 Å². The number of carbonyl (C=O) groups excluding carboxylic acids is 2. The summed E-state index contributed by atoms with van der Waals surface area (Å²) in [6.07, 6.45) is 7.56. The molecule has 2 amide bonds. The standard InChI is InChI=1S/C15H19ClN2O2S/c16-13-7-6-12(21-13)3-1-2-10-17-14(19)8-9-15(20)18-11-4-5-11/h6-9,11H,1-5,10H2,(H,17,19)(H,18,20)/b9-8+. The van der Waals surface area contributed by atoms with Crippen LogP contribution < -0.4 is 10.6 Å². The quantitative estimate of drug-likeness (QED) is 0.570. The summed E-state index contributed by atoms with van der Waals surface area (Å²) in [5, 5.41) is 5.56. The van der Waals surface area contributed by atoms with Gasteiger partial charge in [-0.25, -0.2) is 0 Å². The van der Waals surface area contributed by atoms with E-state index >= 15 is 0 Å². The number of nitrogens with one attached hydrogen (secondary N) is 2. The fourth-order valence-corrected chi connectivity index (χ4v) is 2.94. The van der Waals surface area contributed by atoms with Gasteiger partial charge in [0.15, 0.2) is 0 Å². The summed E-state index contributed by atoms with van der Waals surface area (Å²) < 4.78 is 0.813. The second kappa shape index (κ2) is 8.20. The molecule has 0 aliphatic heterocycles. The smallest absolute Gasteiger partial charge is 0.244 e. The van der Waals surface area contributed by atoms with Crippen molar-refractivity contribution in [1.29, 1.82) is 0 Å². The number of amides is 2. The lowest BCUT2D eigenvalue weighted by Crippen LogP contribution is -2.25. The number of unbranched alkanes of at least 4 members (excludes halogenated alkanes) is 1. The van der Waals surface area contributed by atoms with E-state index in [4.69, 9.17) is 11.6 Å². The second-order valence-electron chi connectivity index (χ2n) is 5.07. The Labute approximate surface area is 133 Å². The second-order valence-corrected chi connectivity index (χ2v) is 6.87. The molecule has 4 nitrogen and oxygen atoms in total. The number of thiophene rings is 1. The maximum absolute atomic E-state index is 11.5. The summed E-state index contributed by atoms with van der Waals surface area (Å²) >= 11 is 7.45. The van der Waals surface area contributed by atoms with Crippen molar-refractivity contribution in [3.05, 3.63) is 33.5 Å². The first-order valence-electron chi connectivity index (χ1n) is 7.14. The SMILES string of the molecule is O=C(/C=C/C(=O)NC1CC1)NCCCCc1ccc(Cl)s1. The highest BCUT2D eigenvalue weighted by Crippen LogP contribution is 2.22. The van der Waals surface area contributed by atoms with E-state index in [1.165, 1.54) is 17.0 Å². The number of hydrogen-bond acceptors (Lipinski definition) is 3. The van der Waals surface area contributed by atoms with Crippen molar-refractivity contribution < 1.29 is 9.59 Å². The summed E-state index contributed by atoms with van der Waals surface area (Å²) in [4.78, 5) is 24.1. The molecule has 2 rings (SSSR count). The Balaban J connectivity index is 1.52. The van der Waals surface area contributed by atoms with E-state index < -0.39 is 0 Å². The monoisotopic (exact) mass is 326 g/mol. The van der Waals surface area contributed by atoms with Gasteiger partial charge in [0.05, 0.1) is 4.34 Å². The van der Waals surface area contributed by atoms with Crippen LogP contribution in [0.1, 0.15) is 30.6 Å². The number of hydrogen-bond donors (Lipinski definition) is 2. The van der Waals surface area contributed by atoms with Gasteiger partial charge in [0.25, 0.3) is 0 Å². The van der Waals surface area contributed by atoms with Gasteiger partial charge in [-0.1, -0.05) is 11.6 Å². The summed E-state index contributed by atoms with van der Waals surface area (Å²) in [5.74, 6) is -0.415. The van der Waals surface area contributed by atoms with E-state index in [1.807, 2.05) is 12.1 Å². The van der Waals surface area contributed by atoms with E-state index in [1.54, 1.807) is 11.3 Å². The highest BCUT2D eigenvalue weighted by Gasteiger charge is 2.22. The summed E-state index contributed by atoms with van der Waals surface area (Å²) in [6, 6.07) is 4.25. The predicted molar refractivity (Wildman–Crippen MR) is 85.6 cm³/mol. The lowest BCUT2D eigenvalue weighted by molar-refractivity contribution is -0.118. The molecule has 0 radical (unpaired) electrons. The van der Waals surface area contributed by atoms with Gasteiger partial charge in [-0.3, -0.25) is 9.59 Å². The maximum atomic E-state index is 11.5. The fourth-order valence-electron chi connectivity index (χ4n) is 1.81. The van der Waals surface area contributed by atoms with Crippen molar-refractivity contribution in [2.75, 3.05) is 6.54 Å². The Morgan fingerprint density at radius 1 is 1.24 bits per heavy atom. The zero-order chi connectivity index (χ0) is 15.1. The molecule has 0 saturated heterocycles. The van der Waals surface area contributed by atoms with Crippen molar-refractivity contribution in [2.24, 2.45) is 0 Å².